The second kappa shape index (κ2) is 8.79. The van der Waals surface area contributed by atoms with Crippen LogP contribution in [0.1, 0.15) is 10.8 Å². The fraction of sp³-hybridized carbons (Fsp3) is 0.100. The molecule has 3 aromatic rings. The molecular weight excluding hydrogens is 384 g/mol. The monoisotopic (exact) mass is 401 g/mol. The number of methoxy groups -OCH3 is 1. The topological polar surface area (TPSA) is 62.4 Å². The van der Waals surface area contributed by atoms with Crippen LogP contribution in [-0.4, -0.2) is 18.2 Å². The lowest BCUT2D eigenvalue weighted by atomic mass is 10.1. The molecule has 7 heteroatoms. The van der Waals surface area contributed by atoms with Crippen molar-refractivity contribution in [2.75, 3.05) is 12.4 Å². The van der Waals surface area contributed by atoms with Gasteiger partial charge in [0.25, 0.3) is 5.03 Å². The standard InChI is InChI=1S/C20H17ClN2O3S/c1-26-17-11-10-15(13-16(17)21)22-20(24)19(14-7-3-2-4-8-14)27-18-9-5-6-12-23(18)25/h2-13,19H,1H3,(H-,22,24,25)/p+1. The van der Waals surface area contributed by atoms with Gasteiger partial charge in [0.2, 0.25) is 12.1 Å². The van der Waals surface area contributed by atoms with Crippen molar-refractivity contribution in [3.8, 4) is 5.75 Å². The van der Waals surface area contributed by atoms with E-state index in [-0.39, 0.29) is 5.91 Å². The Kier molecular flexibility index (Phi) is 6.21. The molecule has 0 aliphatic heterocycles. The number of hydrogen-bond donors (Lipinski definition) is 2. The van der Waals surface area contributed by atoms with Gasteiger partial charge >= 0.3 is 0 Å². The number of rotatable bonds is 6. The Morgan fingerprint density at radius 1 is 1.15 bits per heavy atom. The molecule has 0 aliphatic carbocycles. The van der Waals surface area contributed by atoms with Gasteiger partial charge in [0.05, 0.1) is 12.1 Å². The summed E-state index contributed by atoms with van der Waals surface area (Å²) in [7, 11) is 1.53. The number of hydrogen-bond acceptors (Lipinski definition) is 4. The van der Waals surface area contributed by atoms with E-state index in [0.717, 1.165) is 10.3 Å². The van der Waals surface area contributed by atoms with E-state index in [0.29, 0.717) is 21.5 Å². The molecule has 1 heterocycles. The maximum Gasteiger partial charge on any atom is 0.292 e. The van der Waals surface area contributed by atoms with Crippen LogP contribution in [0.3, 0.4) is 0 Å². The lowest BCUT2D eigenvalue weighted by Crippen LogP contribution is -2.32. The van der Waals surface area contributed by atoms with E-state index in [4.69, 9.17) is 16.3 Å². The van der Waals surface area contributed by atoms with Crippen LogP contribution in [0.25, 0.3) is 0 Å². The Labute approximate surface area is 166 Å². The third-order valence-electron chi connectivity index (χ3n) is 3.80. The Morgan fingerprint density at radius 3 is 2.56 bits per heavy atom. The van der Waals surface area contributed by atoms with E-state index in [1.807, 2.05) is 30.3 Å². The van der Waals surface area contributed by atoms with E-state index in [1.165, 1.54) is 25.1 Å². The molecule has 0 bridgehead atoms. The summed E-state index contributed by atoms with van der Waals surface area (Å²) >= 11 is 7.39. The summed E-state index contributed by atoms with van der Waals surface area (Å²) in [5, 5.41) is 13.3. The average Bonchev–Trinajstić information content (AvgIpc) is 2.68. The first-order chi connectivity index (χ1) is 13.1. The highest BCUT2D eigenvalue weighted by Crippen LogP contribution is 2.35. The third kappa shape index (κ3) is 4.72. The minimum atomic E-state index is -0.562. The fourth-order valence-electron chi connectivity index (χ4n) is 2.49. The molecule has 1 amide bonds. The number of benzene rings is 2. The molecule has 1 atom stereocenters. The molecule has 0 saturated carbocycles. The van der Waals surface area contributed by atoms with Crippen LogP contribution in [-0.2, 0) is 4.79 Å². The number of anilines is 1. The number of pyridine rings is 1. The van der Waals surface area contributed by atoms with Crippen LogP contribution in [0.15, 0.2) is 78.0 Å². The predicted molar refractivity (Wildman–Crippen MR) is 105 cm³/mol. The minimum absolute atomic E-state index is 0.226. The van der Waals surface area contributed by atoms with E-state index >= 15 is 0 Å². The number of nitrogens with zero attached hydrogens (tertiary/aromatic N) is 1. The third-order valence-corrected chi connectivity index (χ3v) is 5.38. The molecule has 2 N–H and O–H groups in total. The number of thioether (sulfide) groups is 1. The molecule has 0 spiro atoms. The molecule has 0 fully saturated rings. The Bertz CT molecular complexity index is 938. The summed E-state index contributed by atoms with van der Waals surface area (Å²) in [6.07, 6.45) is 1.52. The van der Waals surface area contributed by atoms with Crippen LogP contribution in [0.2, 0.25) is 5.02 Å². The SMILES string of the molecule is COc1ccc(NC(=O)C(Sc2cccc[n+]2O)c2ccccc2)cc1Cl. The van der Waals surface area contributed by atoms with Gasteiger partial charge < -0.3 is 10.1 Å². The minimum Gasteiger partial charge on any atom is -0.495 e. The van der Waals surface area contributed by atoms with Crippen molar-refractivity contribution in [3.63, 3.8) is 0 Å². The van der Waals surface area contributed by atoms with Crippen molar-refractivity contribution >= 4 is 35.0 Å². The number of halogens is 1. The normalized spacial score (nSPS) is 11.6. The molecule has 1 unspecified atom stereocenters. The zero-order valence-corrected chi connectivity index (χ0v) is 16.1. The highest BCUT2D eigenvalue weighted by atomic mass is 35.5. The molecule has 0 aliphatic rings. The summed E-state index contributed by atoms with van der Waals surface area (Å²) in [5.74, 6) is 0.311. The smallest absolute Gasteiger partial charge is 0.292 e. The second-order valence-corrected chi connectivity index (χ2v) is 7.16. The van der Waals surface area contributed by atoms with E-state index < -0.39 is 5.25 Å². The molecule has 2 aromatic carbocycles. The average molecular weight is 402 g/mol. The summed E-state index contributed by atoms with van der Waals surface area (Å²) in [6.45, 7) is 0. The maximum atomic E-state index is 13.0. The molecule has 3 rings (SSSR count). The summed E-state index contributed by atoms with van der Waals surface area (Å²) in [4.78, 5) is 13.0. The molecule has 5 nitrogen and oxygen atoms in total. The predicted octanol–water partition coefficient (Wildman–Crippen LogP) is 4.35. The van der Waals surface area contributed by atoms with Crippen LogP contribution in [0.5, 0.6) is 5.75 Å². The zero-order chi connectivity index (χ0) is 19.2. The van der Waals surface area contributed by atoms with Crippen LogP contribution >= 0.6 is 23.4 Å². The number of carbonyl (C=O) groups is 1. The van der Waals surface area contributed by atoms with Crippen molar-refractivity contribution < 1.29 is 19.5 Å². The first kappa shape index (κ1) is 19.1. The number of carbonyl (C=O) groups excluding carboxylic acids is 1. The van der Waals surface area contributed by atoms with Crippen molar-refractivity contribution in [2.24, 2.45) is 0 Å². The van der Waals surface area contributed by atoms with Gasteiger partial charge in [0.15, 0.2) is 0 Å². The van der Waals surface area contributed by atoms with Gasteiger partial charge in [0, 0.05) is 22.6 Å². The highest BCUT2D eigenvalue weighted by Gasteiger charge is 2.26. The number of aromatic nitrogens is 1. The summed E-state index contributed by atoms with van der Waals surface area (Å²) in [5.41, 5.74) is 1.39. The van der Waals surface area contributed by atoms with Gasteiger partial charge in [-0.05, 0) is 41.6 Å². The van der Waals surface area contributed by atoms with Gasteiger partial charge in [-0.25, -0.2) is 0 Å². The first-order valence-electron chi connectivity index (χ1n) is 8.14. The van der Waals surface area contributed by atoms with Gasteiger partial charge in [-0.1, -0.05) is 41.9 Å². The number of ether oxygens (including phenoxy) is 1. The number of nitrogens with one attached hydrogen (secondary N) is 1. The molecule has 0 saturated heterocycles. The van der Waals surface area contributed by atoms with Gasteiger partial charge in [-0.15, -0.1) is 0 Å². The molecular formula is C20H18ClN2O3S+. The lowest BCUT2D eigenvalue weighted by molar-refractivity contribution is -0.932. The highest BCUT2D eigenvalue weighted by molar-refractivity contribution is 8.00. The first-order valence-corrected chi connectivity index (χ1v) is 9.40. The van der Waals surface area contributed by atoms with Crippen LogP contribution < -0.4 is 14.8 Å². The lowest BCUT2D eigenvalue weighted by Gasteiger charge is -2.16. The second-order valence-electron chi connectivity index (χ2n) is 5.63. The summed E-state index contributed by atoms with van der Waals surface area (Å²) < 4.78 is 6.13. The Hall–Kier alpha value is -2.70. The summed E-state index contributed by atoms with van der Waals surface area (Å²) in [6, 6.07) is 19.7. The van der Waals surface area contributed by atoms with Crippen molar-refractivity contribution in [2.45, 2.75) is 10.3 Å². The van der Waals surface area contributed by atoms with Gasteiger partial charge in [0.1, 0.15) is 11.0 Å². The Balaban J connectivity index is 1.87. The maximum absolute atomic E-state index is 13.0. The molecule has 138 valence electrons. The van der Waals surface area contributed by atoms with Gasteiger partial charge in [-0.3, -0.25) is 10.0 Å². The van der Waals surface area contributed by atoms with Crippen LogP contribution in [0.4, 0.5) is 5.69 Å². The zero-order valence-electron chi connectivity index (χ0n) is 14.5. The largest absolute Gasteiger partial charge is 0.495 e. The number of amides is 1. The van der Waals surface area contributed by atoms with Gasteiger partial charge in [-0.2, -0.15) is 0 Å². The van der Waals surface area contributed by atoms with E-state index in [1.54, 1.807) is 36.4 Å². The van der Waals surface area contributed by atoms with Crippen molar-refractivity contribution in [3.05, 3.63) is 83.5 Å². The van der Waals surface area contributed by atoms with Crippen molar-refractivity contribution in [1.82, 2.24) is 0 Å². The van der Waals surface area contributed by atoms with Crippen LogP contribution in [0, 0.1) is 0 Å². The van der Waals surface area contributed by atoms with E-state index in [9.17, 15) is 10.0 Å². The Morgan fingerprint density at radius 2 is 1.89 bits per heavy atom. The molecule has 0 radical (unpaired) electrons. The van der Waals surface area contributed by atoms with Crippen molar-refractivity contribution in [1.29, 1.82) is 0 Å². The fourth-order valence-corrected chi connectivity index (χ4v) is 3.77. The quantitative estimate of drug-likeness (QED) is 0.366. The molecule has 1 aromatic heterocycles. The molecule has 27 heavy (non-hydrogen) atoms. The van der Waals surface area contributed by atoms with E-state index in [2.05, 4.69) is 5.32 Å².